The lowest BCUT2D eigenvalue weighted by atomic mass is 9.96. The van der Waals surface area contributed by atoms with E-state index in [4.69, 9.17) is 4.74 Å². The van der Waals surface area contributed by atoms with Crippen molar-refractivity contribution < 1.29 is 9.13 Å². The number of rotatable bonds is 5. The zero-order chi connectivity index (χ0) is 15.5. The molecule has 0 bridgehead atoms. The molecule has 3 rings (SSSR count). The monoisotopic (exact) mass is 303 g/mol. The van der Waals surface area contributed by atoms with Crippen LogP contribution < -0.4 is 5.32 Å². The van der Waals surface area contributed by atoms with Gasteiger partial charge in [0.2, 0.25) is 0 Å². The first kappa shape index (κ1) is 15.2. The SMILES string of the molecule is CC(NCC1CCOC1c1cnn(C)c1)c1cccc(F)c1. The van der Waals surface area contributed by atoms with E-state index < -0.39 is 0 Å². The molecule has 22 heavy (non-hydrogen) atoms. The summed E-state index contributed by atoms with van der Waals surface area (Å²) in [5.41, 5.74) is 2.10. The van der Waals surface area contributed by atoms with Crippen molar-refractivity contribution in [3.05, 3.63) is 53.6 Å². The van der Waals surface area contributed by atoms with Crippen molar-refractivity contribution in [3.8, 4) is 0 Å². The molecule has 1 aromatic carbocycles. The van der Waals surface area contributed by atoms with Crippen LogP contribution in [0.25, 0.3) is 0 Å². The van der Waals surface area contributed by atoms with E-state index in [0.29, 0.717) is 5.92 Å². The molecule has 4 nitrogen and oxygen atoms in total. The van der Waals surface area contributed by atoms with Gasteiger partial charge in [-0.25, -0.2) is 4.39 Å². The molecule has 2 heterocycles. The molecule has 1 aliphatic rings. The van der Waals surface area contributed by atoms with Crippen molar-refractivity contribution in [2.75, 3.05) is 13.2 Å². The van der Waals surface area contributed by atoms with Gasteiger partial charge in [0.1, 0.15) is 5.82 Å². The van der Waals surface area contributed by atoms with Crippen LogP contribution in [0.4, 0.5) is 4.39 Å². The van der Waals surface area contributed by atoms with Crippen LogP contribution in [0.5, 0.6) is 0 Å². The number of aryl methyl sites for hydroxylation is 1. The van der Waals surface area contributed by atoms with Gasteiger partial charge in [0.05, 0.1) is 12.3 Å². The van der Waals surface area contributed by atoms with Crippen molar-refractivity contribution in [2.24, 2.45) is 13.0 Å². The maximum Gasteiger partial charge on any atom is 0.123 e. The molecule has 1 aromatic heterocycles. The summed E-state index contributed by atoms with van der Waals surface area (Å²) in [7, 11) is 1.91. The topological polar surface area (TPSA) is 39.1 Å². The number of nitrogens with zero attached hydrogens (tertiary/aromatic N) is 2. The minimum absolute atomic E-state index is 0.0981. The average molecular weight is 303 g/mol. The van der Waals surface area contributed by atoms with Crippen LogP contribution in [0.1, 0.15) is 36.6 Å². The summed E-state index contributed by atoms with van der Waals surface area (Å²) in [5, 5.41) is 7.72. The molecule has 2 aromatic rings. The van der Waals surface area contributed by atoms with Gasteiger partial charge in [0, 0.05) is 43.9 Å². The first-order valence-electron chi connectivity index (χ1n) is 7.72. The number of halogens is 1. The van der Waals surface area contributed by atoms with Crippen LogP contribution in [0.15, 0.2) is 36.7 Å². The van der Waals surface area contributed by atoms with E-state index in [1.54, 1.807) is 16.8 Å². The minimum Gasteiger partial charge on any atom is -0.373 e. The van der Waals surface area contributed by atoms with Crippen molar-refractivity contribution >= 4 is 0 Å². The number of nitrogens with one attached hydrogen (secondary N) is 1. The Kier molecular flexibility index (Phi) is 4.55. The molecular formula is C17H22FN3O. The normalized spacial score (nSPS) is 22.9. The smallest absolute Gasteiger partial charge is 0.123 e. The molecule has 118 valence electrons. The predicted octanol–water partition coefficient (Wildman–Crippen LogP) is 2.99. The Bertz CT molecular complexity index is 628. The first-order chi connectivity index (χ1) is 10.6. The van der Waals surface area contributed by atoms with E-state index in [1.165, 1.54) is 6.07 Å². The fourth-order valence-corrected chi connectivity index (χ4v) is 3.02. The Morgan fingerprint density at radius 2 is 2.36 bits per heavy atom. The van der Waals surface area contributed by atoms with Crippen LogP contribution in [0.2, 0.25) is 0 Å². The van der Waals surface area contributed by atoms with Gasteiger partial charge in [-0.05, 0) is 31.0 Å². The molecule has 1 fully saturated rings. The van der Waals surface area contributed by atoms with Gasteiger partial charge in [-0.15, -0.1) is 0 Å². The lowest BCUT2D eigenvalue weighted by molar-refractivity contribution is 0.0899. The summed E-state index contributed by atoms with van der Waals surface area (Å²) in [6.07, 6.45) is 5.02. The molecule has 0 radical (unpaired) electrons. The van der Waals surface area contributed by atoms with E-state index in [2.05, 4.69) is 17.3 Å². The van der Waals surface area contributed by atoms with Crippen LogP contribution in [-0.4, -0.2) is 22.9 Å². The molecule has 3 unspecified atom stereocenters. The molecule has 1 aliphatic heterocycles. The molecule has 1 saturated heterocycles. The second-order valence-corrected chi connectivity index (χ2v) is 5.97. The third-order valence-corrected chi connectivity index (χ3v) is 4.30. The molecular weight excluding hydrogens is 281 g/mol. The highest BCUT2D eigenvalue weighted by atomic mass is 19.1. The Labute approximate surface area is 130 Å². The van der Waals surface area contributed by atoms with Gasteiger partial charge in [-0.3, -0.25) is 4.68 Å². The van der Waals surface area contributed by atoms with Crippen molar-refractivity contribution in [2.45, 2.75) is 25.5 Å². The van der Waals surface area contributed by atoms with Gasteiger partial charge in [-0.2, -0.15) is 5.10 Å². The van der Waals surface area contributed by atoms with Gasteiger partial charge >= 0.3 is 0 Å². The van der Waals surface area contributed by atoms with E-state index >= 15 is 0 Å². The highest BCUT2D eigenvalue weighted by molar-refractivity contribution is 5.19. The number of hydrogen-bond acceptors (Lipinski definition) is 3. The highest BCUT2D eigenvalue weighted by Gasteiger charge is 2.30. The Morgan fingerprint density at radius 1 is 1.50 bits per heavy atom. The number of aromatic nitrogens is 2. The average Bonchev–Trinajstić information content (AvgIpc) is 3.13. The third kappa shape index (κ3) is 3.36. The lowest BCUT2D eigenvalue weighted by Crippen LogP contribution is -2.27. The molecule has 1 N–H and O–H groups in total. The zero-order valence-electron chi connectivity index (χ0n) is 13.0. The standard InChI is InChI=1S/C17H22FN3O/c1-12(13-4-3-5-16(18)8-13)19-9-14-6-7-22-17(14)15-10-20-21(2)11-15/h3-5,8,10-12,14,17,19H,6-7,9H2,1-2H3. The van der Waals surface area contributed by atoms with Crippen molar-refractivity contribution in [1.29, 1.82) is 0 Å². The Hall–Kier alpha value is -1.72. The van der Waals surface area contributed by atoms with E-state index in [-0.39, 0.29) is 18.0 Å². The van der Waals surface area contributed by atoms with Gasteiger partial charge < -0.3 is 10.1 Å². The fraction of sp³-hybridized carbons (Fsp3) is 0.471. The van der Waals surface area contributed by atoms with Crippen LogP contribution in [-0.2, 0) is 11.8 Å². The Balaban J connectivity index is 1.60. The third-order valence-electron chi connectivity index (χ3n) is 4.30. The van der Waals surface area contributed by atoms with E-state index in [1.807, 2.05) is 25.5 Å². The first-order valence-corrected chi connectivity index (χ1v) is 7.72. The molecule has 0 spiro atoms. The number of hydrogen-bond donors (Lipinski definition) is 1. The van der Waals surface area contributed by atoms with E-state index in [9.17, 15) is 4.39 Å². The molecule has 5 heteroatoms. The van der Waals surface area contributed by atoms with Crippen LogP contribution >= 0.6 is 0 Å². The van der Waals surface area contributed by atoms with Crippen LogP contribution in [0, 0.1) is 11.7 Å². The summed E-state index contributed by atoms with van der Waals surface area (Å²) in [6.45, 7) is 3.68. The number of benzene rings is 1. The zero-order valence-corrected chi connectivity index (χ0v) is 13.0. The quantitative estimate of drug-likeness (QED) is 0.923. The van der Waals surface area contributed by atoms with Crippen molar-refractivity contribution in [1.82, 2.24) is 15.1 Å². The Morgan fingerprint density at radius 3 is 3.09 bits per heavy atom. The summed E-state index contributed by atoms with van der Waals surface area (Å²) < 4.78 is 21.0. The van der Waals surface area contributed by atoms with Gasteiger partial charge in [-0.1, -0.05) is 12.1 Å². The summed E-state index contributed by atoms with van der Waals surface area (Å²) >= 11 is 0. The maximum atomic E-state index is 13.3. The summed E-state index contributed by atoms with van der Waals surface area (Å²) in [4.78, 5) is 0. The lowest BCUT2D eigenvalue weighted by Gasteiger charge is -2.21. The second-order valence-electron chi connectivity index (χ2n) is 5.97. The van der Waals surface area contributed by atoms with Gasteiger partial charge in [0.25, 0.3) is 0 Å². The number of ether oxygens (including phenoxy) is 1. The highest BCUT2D eigenvalue weighted by Crippen LogP contribution is 2.34. The molecule has 0 saturated carbocycles. The minimum atomic E-state index is -0.191. The summed E-state index contributed by atoms with van der Waals surface area (Å²) in [6, 6.07) is 6.87. The largest absolute Gasteiger partial charge is 0.373 e. The second kappa shape index (κ2) is 6.58. The van der Waals surface area contributed by atoms with Crippen molar-refractivity contribution in [3.63, 3.8) is 0 Å². The molecule has 0 amide bonds. The summed E-state index contributed by atoms with van der Waals surface area (Å²) in [5.74, 6) is 0.226. The van der Waals surface area contributed by atoms with Gasteiger partial charge in [0.15, 0.2) is 0 Å². The molecule has 0 aliphatic carbocycles. The fourth-order valence-electron chi connectivity index (χ4n) is 3.02. The van der Waals surface area contributed by atoms with E-state index in [0.717, 1.165) is 30.7 Å². The molecule has 3 atom stereocenters. The maximum absolute atomic E-state index is 13.3. The predicted molar refractivity (Wildman–Crippen MR) is 82.8 cm³/mol. The van der Waals surface area contributed by atoms with Crippen LogP contribution in [0.3, 0.4) is 0 Å².